The van der Waals surface area contributed by atoms with E-state index < -0.39 is 39.3 Å². The summed E-state index contributed by atoms with van der Waals surface area (Å²) in [6.07, 6.45) is 0.491. The van der Waals surface area contributed by atoms with Crippen molar-refractivity contribution in [2.24, 2.45) is 17.8 Å². The van der Waals surface area contributed by atoms with Crippen molar-refractivity contribution >= 4 is 21.9 Å². The van der Waals surface area contributed by atoms with Gasteiger partial charge in [0.1, 0.15) is 5.60 Å². The largest absolute Gasteiger partial charge is 0.460 e. The van der Waals surface area contributed by atoms with Crippen LogP contribution in [0, 0.1) is 24.7 Å². The van der Waals surface area contributed by atoms with E-state index in [1.165, 1.54) is 12.1 Å². The van der Waals surface area contributed by atoms with Gasteiger partial charge in [0, 0.05) is 6.54 Å². The Morgan fingerprint density at radius 3 is 2.36 bits per heavy atom. The number of aryl methyl sites for hydroxylation is 1. The fourth-order valence-electron chi connectivity index (χ4n) is 3.38. The number of esters is 1. The van der Waals surface area contributed by atoms with E-state index in [1.54, 1.807) is 32.9 Å². The summed E-state index contributed by atoms with van der Waals surface area (Å²) >= 11 is 0. The molecule has 2 aliphatic rings. The lowest BCUT2D eigenvalue weighted by atomic mass is 10.2. The zero-order chi connectivity index (χ0) is 18.6. The summed E-state index contributed by atoms with van der Waals surface area (Å²) in [5.74, 6) is -2.11. The summed E-state index contributed by atoms with van der Waals surface area (Å²) in [6, 6.07) is 6.40. The number of carbonyl (C=O) groups excluding carboxylic acids is 2. The van der Waals surface area contributed by atoms with E-state index in [0.29, 0.717) is 6.42 Å². The minimum Gasteiger partial charge on any atom is -0.460 e. The van der Waals surface area contributed by atoms with Gasteiger partial charge in [0.2, 0.25) is 5.91 Å². The van der Waals surface area contributed by atoms with Crippen LogP contribution >= 0.6 is 0 Å². The van der Waals surface area contributed by atoms with Gasteiger partial charge in [-0.3, -0.25) is 9.59 Å². The number of amides is 1. The van der Waals surface area contributed by atoms with E-state index in [-0.39, 0.29) is 17.4 Å². The van der Waals surface area contributed by atoms with Gasteiger partial charge in [-0.2, -0.15) is 0 Å². The summed E-state index contributed by atoms with van der Waals surface area (Å²) in [5, 5.41) is 0. The van der Waals surface area contributed by atoms with Crippen LogP contribution in [0.4, 0.5) is 0 Å². The van der Waals surface area contributed by atoms with E-state index in [1.807, 2.05) is 6.92 Å². The third-order valence-corrected chi connectivity index (χ3v) is 6.46. The van der Waals surface area contributed by atoms with Crippen LogP contribution in [0.2, 0.25) is 0 Å². The molecule has 1 saturated carbocycles. The predicted molar refractivity (Wildman–Crippen MR) is 91.0 cm³/mol. The molecule has 0 bridgehead atoms. The molecule has 1 amide bonds. The lowest BCUT2D eigenvalue weighted by Gasteiger charge is -2.25. The second-order valence-corrected chi connectivity index (χ2v) is 9.63. The van der Waals surface area contributed by atoms with Crippen LogP contribution in [-0.2, 0) is 24.3 Å². The van der Waals surface area contributed by atoms with Crippen LogP contribution in [-0.4, -0.2) is 36.7 Å². The molecule has 0 spiro atoms. The highest BCUT2D eigenvalue weighted by atomic mass is 32.2. The van der Waals surface area contributed by atoms with Gasteiger partial charge in [0.15, 0.2) is 0 Å². The molecule has 1 aliphatic heterocycles. The second kappa shape index (κ2) is 5.83. The van der Waals surface area contributed by atoms with Crippen molar-refractivity contribution in [1.29, 1.82) is 0 Å². The van der Waals surface area contributed by atoms with Crippen LogP contribution in [0.3, 0.4) is 0 Å². The number of sulfonamides is 1. The fraction of sp³-hybridized carbons (Fsp3) is 0.556. The van der Waals surface area contributed by atoms with Crippen molar-refractivity contribution in [3.63, 3.8) is 0 Å². The van der Waals surface area contributed by atoms with Crippen molar-refractivity contribution in [2.45, 2.75) is 44.6 Å². The average molecular weight is 365 g/mol. The monoisotopic (exact) mass is 365 g/mol. The molecule has 1 saturated heterocycles. The minimum atomic E-state index is -3.89. The number of rotatable bonds is 3. The lowest BCUT2D eigenvalue weighted by molar-refractivity contribution is -0.157. The van der Waals surface area contributed by atoms with E-state index >= 15 is 0 Å². The van der Waals surface area contributed by atoms with E-state index in [4.69, 9.17) is 4.74 Å². The molecule has 0 radical (unpaired) electrons. The number of carbonyl (C=O) groups is 2. The van der Waals surface area contributed by atoms with Gasteiger partial charge in [-0.1, -0.05) is 17.7 Å². The number of piperidine rings is 1. The Morgan fingerprint density at radius 2 is 1.80 bits per heavy atom. The standard InChI is InChI=1S/C18H23NO5S/c1-11-5-7-12(8-6-11)25(22,23)19-10-9-13-14(16(19)20)15(13)17(21)24-18(2,3)4/h5-8,13-15H,9-10H2,1-4H3/t13-,14+,15+/m0/s1. The topological polar surface area (TPSA) is 80.8 Å². The van der Waals surface area contributed by atoms with E-state index in [2.05, 4.69) is 0 Å². The van der Waals surface area contributed by atoms with Crippen molar-refractivity contribution in [3.05, 3.63) is 29.8 Å². The van der Waals surface area contributed by atoms with Gasteiger partial charge in [-0.05, 0) is 52.2 Å². The molecule has 25 heavy (non-hydrogen) atoms. The Morgan fingerprint density at radius 1 is 1.20 bits per heavy atom. The number of hydrogen-bond donors (Lipinski definition) is 0. The van der Waals surface area contributed by atoms with E-state index in [0.717, 1.165) is 9.87 Å². The van der Waals surface area contributed by atoms with Gasteiger partial charge >= 0.3 is 5.97 Å². The average Bonchev–Trinajstić information content (AvgIpc) is 3.21. The fourth-order valence-corrected chi connectivity index (χ4v) is 4.82. The first-order valence-electron chi connectivity index (χ1n) is 8.38. The van der Waals surface area contributed by atoms with Crippen molar-refractivity contribution < 1.29 is 22.7 Å². The van der Waals surface area contributed by atoms with Gasteiger partial charge in [0.25, 0.3) is 10.0 Å². The highest BCUT2D eigenvalue weighted by Crippen LogP contribution is 2.54. The lowest BCUT2D eigenvalue weighted by Crippen LogP contribution is -2.41. The molecule has 3 rings (SSSR count). The van der Waals surface area contributed by atoms with E-state index in [9.17, 15) is 18.0 Å². The van der Waals surface area contributed by atoms with Crippen molar-refractivity contribution in [1.82, 2.24) is 4.31 Å². The molecule has 0 aromatic heterocycles. The highest BCUT2D eigenvalue weighted by molar-refractivity contribution is 7.89. The number of nitrogens with zero attached hydrogens (tertiary/aromatic N) is 1. The molecule has 0 unspecified atom stereocenters. The zero-order valence-electron chi connectivity index (χ0n) is 14.9. The molecule has 1 aromatic carbocycles. The summed E-state index contributed by atoms with van der Waals surface area (Å²) in [4.78, 5) is 25.0. The smallest absolute Gasteiger partial charge is 0.310 e. The Hall–Kier alpha value is -1.89. The predicted octanol–water partition coefficient (Wildman–Crippen LogP) is 2.12. The highest BCUT2D eigenvalue weighted by Gasteiger charge is 2.64. The second-order valence-electron chi connectivity index (χ2n) is 7.77. The summed E-state index contributed by atoms with van der Waals surface area (Å²) in [5.41, 5.74) is 0.315. The first-order valence-corrected chi connectivity index (χ1v) is 9.82. The number of ether oxygens (including phenoxy) is 1. The first kappa shape index (κ1) is 17.9. The maximum Gasteiger partial charge on any atom is 0.310 e. The molecule has 0 N–H and O–H groups in total. The van der Waals surface area contributed by atoms with Crippen molar-refractivity contribution in [2.75, 3.05) is 6.54 Å². The van der Waals surface area contributed by atoms with Gasteiger partial charge in [-0.15, -0.1) is 0 Å². The number of benzene rings is 1. The molecule has 1 heterocycles. The molecular formula is C18H23NO5S. The molecule has 136 valence electrons. The first-order chi connectivity index (χ1) is 11.5. The van der Waals surface area contributed by atoms with Gasteiger partial charge < -0.3 is 4.74 Å². The minimum absolute atomic E-state index is 0.0966. The normalized spacial score (nSPS) is 26.2. The zero-order valence-corrected chi connectivity index (χ0v) is 15.7. The van der Waals surface area contributed by atoms with Gasteiger partial charge in [-0.25, -0.2) is 12.7 Å². The molecule has 3 atom stereocenters. The maximum absolute atomic E-state index is 12.8. The van der Waals surface area contributed by atoms with Crippen molar-refractivity contribution in [3.8, 4) is 0 Å². The third-order valence-electron chi connectivity index (χ3n) is 4.65. The molecule has 7 heteroatoms. The quantitative estimate of drug-likeness (QED) is 0.767. The Balaban J connectivity index is 1.78. The van der Waals surface area contributed by atoms with Crippen LogP contribution in [0.25, 0.3) is 0 Å². The van der Waals surface area contributed by atoms with Crippen LogP contribution < -0.4 is 0 Å². The number of hydrogen-bond acceptors (Lipinski definition) is 5. The summed E-state index contributed by atoms with van der Waals surface area (Å²) in [6.45, 7) is 7.28. The summed E-state index contributed by atoms with van der Waals surface area (Å²) < 4.78 is 31.8. The molecular weight excluding hydrogens is 342 g/mol. The van der Waals surface area contributed by atoms with Gasteiger partial charge in [0.05, 0.1) is 16.7 Å². The Kier molecular flexibility index (Phi) is 4.18. The maximum atomic E-state index is 12.8. The Bertz CT molecular complexity index is 807. The Labute approximate surface area is 148 Å². The third kappa shape index (κ3) is 3.29. The SMILES string of the molecule is Cc1ccc(S(=O)(=O)N2CC[C@@H]3[C@@H](C(=O)OC(C)(C)C)[C@@H]3C2=O)cc1. The van der Waals surface area contributed by atoms with Crippen LogP contribution in [0.15, 0.2) is 29.2 Å². The number of fused-ring (bicyclic) bond motifs is 1. The van der Waals surface area contributed by atoms with Crippen LogP contribution in [0.5, 0.6) is 0 Å². The molecule has 2 fully saturated rings. The van der Waals surface area contributed by atoms with Crippen LogP contribution in [0.1, 0.15) is 32.8 Å². The molecule has 6 nitrogen and oxygen atoms in total. The molecule has 1 aliphatic carbocycles. The summed E-state index contributed by atoms with van der Waals surface area (Å²) in [7, 11) is -3.89. The molecule has 1 aromatic rings.